The van der Waals surface area contributed by atoms with E-state index in [1.165, 1.54) is 0 Å². The Morgan fingerprint density at radius 1 is 1.25 bits per heavy atom. The number of carboxylic acid groups (broad SMARTS) is 1. The smallest absolute Gasteiger partial charge is 0.328 e. The maximum Gasteiger partial charge on any atom is 0.328 e. The fourth-order valence-corrected chi connectivity index (χ4v) is 4.15. The Morgan fingerprint density at radius 2 is 1.83 bits per heavy atom. The Balaban J connectivity index is 2.48. The van der Waals surface area contributed by atoms with E-state index in [4.69, 9.17) is 5.11 Å². The number of ketones is 1. The van der Waals surface area contributed by atoms with Crippen LogP contribution in [-0.4, -0.2) is 27.6 Å². The van der Waals surface area contributed by atoms with Gasteiger partial charge in [0.15, 0.2) is 5.78 Å². The average molecular weight is 332 g/mol. The van der Waals surface area contributed by atoms with Crippen molar-refractivity contribution in [1.82, 2.24) is 0 Å². The first-order valence-corrected chi connectivity index (χ1v) is 8.66. The van der Waals surface area contributed by atoms with Crippen molar-refractivity contribution in [2.24, 2.45) is 11.3 Å². The van der Waals surface area contributed by atoms with E-state index in [2.05, 4.69) is 0 Å². The van der Waals surface area contributed by atoms with Gasteiger partial charge >= 0.3 is 5.97 Å². The summed E-state index contributed by atoms with van der Waals surface area (Å²) < 4.78 is 0. The van der Waals surface area contributed by atoms with E-state index in [9.17, 15) is 14.7 Å². The van der Waals surface area contributed by atoms with Crippen LogP contribution in [0, 0.1) is 11.3 Å². The van der Waals surface area contributed by atoms with Gasteiger partial charge in [0.25, 0.3) is 0 Å². The lowest BCUT2D eigenvalue weighted by atomic mass is 9.61. The van der Waals surface area contributed by atoms with Crippen LogP contribution in [0.5, 0.6) is 0 Å². The molecule has 24 heavy (non-hydrogen) atoms. The van der Waals surface area contributed by atoms with Crippen molar-refractivity contribution >= 4 is 11.8 Å². The fraction of sp³-hybridized carbons (Fsp3) is 0.600. The molecule has 0 amide bonds. The Hall–Kier alpha value is -1.68. The molecule has 0 aromatic carbocycles. The van der Waals surface area contributed by atoms with E-state index in [0.29, 0.717) is 12.0 Å². The molecule has 0 radical (unpaired) electrons. The minimum atomic E-state index is -1.24. The Bertz CT molecular complexity index is 630. The van der Waals surface area contributed by atoms with Crippen molar-refractivity contribution in [1.29, 1.82) is 0 Å². The molecule has 132 valence electrons. The molecular weight excluding hydrogens is 304 g/mol. The van der Waals surface area contributed by atoms with Gasteiger partial charge in [-0.15, -0.1) is 0 Å². The Kier molecular flexibility index (Phi) is 5.19. The highest BCUT2D eigenvalue weighted by atomic mass is 16.4. The molecule has 0 aromatic heterocycles. The van der Waals surface area contributed by atoms with Crippen molar-refractivity contribution < 1.29 is 19.8 Å². The Morgan fingerprint density at radius 3 is 2.38 bits per heavy atom. The van der Waals surface area contributed by atoms with Gasteiger partial charge in [-0.1, -0.05) is 32.8 Å². The molecule has 0 heterocycles. The van der Waals surface area contributed by atoms with E-state index < -0.39 is 17.0 Å². The van der Waals surface area contributed by atoms with Gasteiger partial charge < -0.3 is 10.2 Å². The summed E-state index contributed by atoms with van der Waals surface area (Å²) in [5.41, 5.74) is 0.218. The largest absolute Gasteiger partial charge is 0.478 e. The highest BCUT2D eigenvalue weighted by Crippen LogP contribution is 2.49. The minimum absolute atomic E-state index is 0.153. The molecule has 0 aromatic rings. The van der Waals surface area contributed by atoms with E-state index in [0.717, 1.165) is 42.9 Å². The van der Waals surface area contributed by atoms with Crippen LogP contribution in [0.4, 0.5) is 0 Å². The lowest BCUT2D eigenvalue weighted by molar-refractivity contribution is -0.131. The molecule has 2 N–H and O–H groups in total. The fourth-order valence-electron chi connectivity index (χ4n) is 4.15. The molecule has 1 unspecified atom stereocenters. The van der Waals surface area contributed by atoms with Crippen LogP contribution in [0.25, 0.3) is 0 Å². The van der Waals surface area contributed by atoms with Gasteiger partial charge in [-0.05, 0) is 49.8 Å². The second kappa shape index (κ2) is 6.67. The van der Waals surface area contributed by atoms with Gasteiger partial charge in [0.1, 0.15) is 5.60 Å². The van der Waals surface area contributed by atoms with E-state index in [-0.39, 0.29) is 11.7 Å². The standard InChI is InChI=1S/C20H28O4/c1-13(11-17(22)23)9-10-20(24)14(2)18(15-7-5-6-8-15)16(21)12-19(20,3)4/h9-11,15,24H,5-8,12H2,1-4H3,(H,22,23). The van der Waals surface area contributed by atoms with Gasteiger partial charge in [-0.3, -0.25) is 4.79 Å². The van der Waals surface area contributed by atoms with Gasteiger partial charge in [-0.2, -0.15) is 0 Å². The van der Waals surface area contributed by atoms with E-state index in [1.807, 2.05) is 20.8 Å². The molecule has 2 aliphatic carbocycles. The number of allylic oxidation sites excluding steroid dienone is 3. The van der Waals surface area contributed by atoms with Crippen LogP contribution in [-0.2, 0) is 9.59 Å². The molecule has 4 heteroatoms. The molecule has 4 nitrogen and oxygen atoms in total. The normalized spacial score (nSPS) is 28.9. The van der Waals surface area contributed by atoms with Crippen LogP contribution < -0.4 is 0 Å². The van der Waals surface area contributed by atoms with Gasteiger partial charge in [0.05, 0.1) is 0 Å². The zero-order valence-corrected chi connectivity index (χ0v) is 15.1. The molecule has 0 bridgehead atoms. The summed E-state index contributed by atoms with van der Waals surface area (Å²) in [5.74, 6) is -0.606. The van der Waals surface area contributed by atoms with Crippen molar-refractivity contribution in [3.05, 3.63) is 34.9 Å². The third kappa shape index (κ3) is 3.39. The number of carboxylic acids is 1. The number of carbonyl (C=O) groups excluding carboxylic acids is 1. The average Bonchev–Trinajstić information content (AvgIpc) is 2.96. The lowest BCUT2D eigenvalue weighted by Crippen LogP contribution is -2.50. The first-order chi connectivity index (χ1) is 11.1. The van der Waals surface area contributed by atoms with Crippen LogP contribution in [0.2, 0.25) is 0 Å². The van der Waals surface area contributed by atoms with E-state index in [1.54, 1.807) is 19.1 Å². The Labute approximate surface area is 144 Å². The summed E-state index contributed by atoms with van der Waals surface area (Å²) in [4.78, 5) is 23.5. The summed E-state index contributed by atoms with van der Waals surface area (Å²) >= 11 is 0. The number of hydrogen-bond acceptors (Lipinski definition) is 3. The first kappa shape index (κ1) is 18.7. The van der Waals surface area contributed by atoms with Crippen LogP contribution in [0.1, 0.15) is 59.8 Å². The minimum Gasteiger partial charge on any atom is -0.478 e. The van der Waals surface area contributed by atoms with Gasteiger partial charge in [0, 0.05) is 23.5 Å². The monoisotopic (exact) mass is 332 g/mol. The highest BCUT2D eigenvalue weighted by molar-refractivity contribution is 5.99. The van der Waals surface area contributed by atoms with Crippen molar-refractivity contribution in [3.63, 3.8) is 0 Å². The van der Waals surface area contributed by atoms with Crippen molar-refractivity contribution in [2.75, 3.05) is 0 Å². The summed E-state index contributed by atoms with van der Waals surface area (Å²) in [6, 6.07) is 0. The number of rotatable bonds is 4. The van der Waals surface area contributed by atoms with Crippen molar-refractivity contribution in [2.45, 2.75) is 65.4 Å². The molecule has 2 aliphatic rings. The maximum atomic E-state index is 12.7. The highest BCUT2D eigenvalue weighted by Gasteiger charge is 2.50. The van der Waals surface area contributed by atoms with Crippen LogP contribution in [0.15, 0.2) is 34.9 Å². The molecule has 0 spiro atoms. The third-order valence-electron chi connectivity index (χ3n) is 5.61. The predicted molar refractivity (Wildman–Crippen MR) is 93.5 cm³/mol. The lowest BCUT2D eigenvalue weighted by Gasteiger charge is -2.46. The van der Waals surface area contributed by atoms with Crippen LogP contribution >= 0.6 is 0 Å². The number of aliphatic carboxylic acids is 1. The quantitative estimate of drug-likeness (QED) is 0.606. The predicted octanol–water partition coefficient (Wildman–Crippen LogP) is 3.81. The zero-order chi connectivity index (χ0) is 18.1. The molecule has 2 rings (SSSR count). The molecule has 1 saturated carbocycles. The third-order valence-corrected chi connectivity index (χ3v) is 5.61. The molecule has 0 saturated heterocycles. The SMILES string of the molecule is CC(C=CC1(O)C(C)=C(C2CCCC2)C(=O)CC1(C)C)=CC(=O)O. The van der Waals surface area contributed by atoms with Gasteiger partial charge in [0.2, 0.25) is 0 Å². The second-order valence-corrected chi connectivity index (χ2v) is 7.83. The first-order valence-electron chi connectivity index (χ1n) is 8.66. The summed E-state index contributed by atoms with van der Waals surface area (Å²) in [7, 11) is 0. The molecule has 1 fully saturated rings. The maximum absolute atomic E-state index is 12.7. The van der Waals surface area contributed by atoms with E-state index >= 15 is 0 Å². The molecule has 1 atom stereocenters. The number of aliphatic hydroxyl groups is 1. The topological polar surface area (TPSA) is 74.6 Å². The number of hydrogen-bond donors (Lipinski definition) is 2. The number of carbonyl (C=O) groups is 2. The molecular formula is C20H28O4. The van der Waals surface area contributed by atoms with Crippen molar-refractivity contribution in [3.8, 4) is 0 Å². The summed E-state index contributed by atoms with van der Waals surface area (Å²) in [6.45, 7) is 7.32. The number of Topliss-reactive ketones (excluding diaryl/α,β-unsaturated/α-hetero) is 1. The van der Waals surface area contributed by atoms with Gasteiger partial charge in [-0.25, -0.2) is 4.79 Å². The second-order valence-electron chi connectivity index (χ2n) is 7.83. The summed E-state index contributed by atoms with van der Waals surface area (Å²) in [5, 5.41) is 20.3. The van der Waals surface area contributed by atoms with Crippen LogP contribution in [0.3, 0.4) is 0 Å². The zero-order valence-electron chi connectivity index (χ0n) is 15.1. The summed E-state index contributed by atoms with van der Waals surface area (Å²) in [6.07, 6.45) is 9.00. The molecule has 0 aliphatic heterocycles.